The van der Waals surface area contributed by atoms with Gasteiger partial charge in [0.2, 0.25) is 0 Å². The molecule has 0 bridgehead atoms. The highest BCUT2D eigenvalue weighted by atomic mass is 32.1. The third-order valence-electron chi connectivity index (χ3n) is 1.84. The number of azide groups is 1. The number of hydrogen-bond acceptors (Lipinski definition) is 5. The van der Waals surface area contributed by atoms with Crippen molar-refractivity contribution < 1.29 is 14.6 Å². The summed E-state index contributed by atoms with van der Waals surface area (Å²) in [5.41, 5.74) is 8.40. The van der Waals surface area contributed by atoms with Crippen molar-refractivity contribution in [2.75, 3.05) is 6.61 Å². The summed E-state index contributed by atoms with van der Waals surface area (Å²) in [6, 6.07) is 2.51. The normalized spacial score (nSPS) is 13.6. The summed E-state index contributed by atoms with van der Waals surface area (Å²) < 4.78 is 4.66. The van der Waals surface area contributed by atoms with Gasteiger partial charge in [0.25, 0.3) is 0 Å². The van der Waals surface area contributed by atoms with Gasteiger partial charge in [0, 0.05) is 9.79 Å². The highest BCUT2D eigenvalue weighted by Crippen LogP contribution is 2.26. The van der Waals surface area contributed by atoms with Gasteiger partial charge in [-0.15, -0.1) is 11.3 Å². The van der Waals surface area contributed by atoms with Crippen LogP contribution in [0.3, 0.4) is 0 Å². The molecule has 7 heteroatoms. The number of rotatable bonds is 5. The van der Waals surface area contributed by atoms with E-state index in [4.69, 9.17) is 5.53 Å². The van der Waals surface area contributed by atoms with Crippen molar-refractivity contribution in [3.8, 4) is 0 Å². The van der Waals surface area contributed by atoms with E-state index in [1.807, 2.05) is 0 Å². The highest BCUT2D eigenvalue weighted by molar-refractivity contribution is 7.10. The Kier molecular flexibility index (Phi) is 4.78. The molecule has 0 fully saturated rings. The molecule has 1 aromatic rings. The summed E-state index contributed by atoms with van der Waals surface area (Å²) in [6.45, 7) is 1.81. The maximum absolute atomic E-state index is 11.3. The largest absolute Gasteiger partial charge is 0.464 e. The maximum atomic E-state index is 11.3. The van der Waals surface area contributed by atoms with Crippen molar-refractivity contribution in [2.24, 2.45) is 5.11 Å². The predicted octanol–water partition coefficient (Wildman–Crippen LogP) is 2.02. The average Bonchev–Trinajstić information content (AvgIpc) is 2.78. The molecule has 0 aliphatic rings. The summed E-state index contributed by atoms with van der Waals surface area (Å²) in [7, 11) is 0. The van der Waals surface area contributed by atoms with Crippen molar-refractivity contribution >= 4 is 17.3 Å². The van der Waals surface area contributed by atoms with Gasteiger partial charge in [-0.1, -0.05) is 11.2 Å². The summed E-state index contributed by atoms with van der Waals surface area (Å²) in [5.74, 6) is -0.784. The number of aliphatic hydroxyl groups excluding tert-OH is 1. The minimum atomic E-state index is -1.46. The Labute approximate surface area is 96.1 Å². The van der Waals surface area contributed by atoms with Crippen molar-refractivity contribution in [1.82, 2.24) is 0 Å². The van der Waals surface area contributed by atoms with Crippen LogP contribution < -0.4 is 0 Å². The van der Waals surface area contributed by atoms with E-state index >= 15 is 0 Å². The topological polar surface area (TPSA) is 95.3 Å². The lowest BCUT2D eigenvalue weighted by Gasteiger charge is -2.15. The van der Waals surface area contributed by atoms with Gasteiger partial charge in [0.05, 0.1) is 6.61 Å². The van der Waals surface area contributed by atoms with Gasteiger partial charge >= 0.3 is 5.97 Å². The Morgan fingerprint density at radius 3 is 3.06 bits per heavy atom. The standard InChI is InChI=1S/C9H11N3O3S/c1-2-15-9(14)8(13)7(11-12-10)6-4-3-5-16-6/h3-5,7-8,13H,2H2,1H3/t7-,8-/m0/s1. The Bertz CT molecular complexity index is 387. The van der Waals surface area contributed by atoms with Gasteiger partial charge in [-0.25, -0.2) is 4.79 Å². The summed E-state index contributed by atoms with van der Waals surface area (Å²) in [5, 5.41) is 14.9. The third-order valence-corrected chi connectivity index (χ3v) is 2.78. The fourth-order valence-corrected chi connectivity index (χ4v) is 1.93. The lowest BCUT2D eigenvalue weighted by atomic mass is 10.1. The van der Waals surface area contributed by atoms with E-state index in [9.17, 15) is 9.90 Å². The van der Waals surface area contributed by atoms with E-state index in [1.54, 1.807) is 24.4 Å². The number of nitrogens with zero attached hydrogens (tertiary/aromatic N) is 3. The fraction of sp³-hybridized carbons (Fsp3) is 0.444. The first-order valence-electron chi connectivity index (χ1n) is 4.63. The molecule has 0 saturated heterocycles. The van der Waals surface area contributed by atoms with Crippen LogP contribution in [0.5, 0.6) is 0 Å². The van der Waals surface area contributed by atoms with Gasteiger partial charge in [0.1, 0.15) is 6.04 Å². The molecule has 0 radical (unpaired) electrons. The van der Waals surface area contributed by atoms with E-state index in [1.165, 1.54) is 11.3 Å². The van der Waals surface area contributed by atoms with Crippen LogP contribution in [0.4, 0.5) is 0 Å². The van der Waals surface area contributed by atoms with Gasteiger partial charge in [-0.2, -0.15) is 0 Å². The Hall–Kier alpha value is -1.56. The second-order valence-electron chi connectivity index (χ2n) is 2.86. The monoisotopic (exact) mass is 241 g/mol. The molecule has 0 aromatic carbocycles. The molecule has 0 unspecified atom stereocenters. The molecule has 6 nitrogen and oxygen atoms in total. The van der Waals surface area contributed by atoms with Crippen molar-refractivity contribution in [3.63, 3.8) is 0 Å². The summed E-state index contributed by atoms with van der Waals surface area (Å²) in [4.78, 5) is 14.5. The molecule has 0 aliphatic heterocycles. The first-order chi connectivity index (χ1) is 7.70. The highest BCUT2D eigenvalue weighted by Gasteiger charge is 2.28. The SMILES string of the molecule is CCOC(=O)[C@@H](O)[C@@H](N=[N+]=[N-])c1cccs1. The predicted molar refractivity (Wildman–Crippen MR) is 58.8 cm³/mol. The third kappa shape index (κ3) is 2.96. The maximum Gasteiger partial charge on any atom is 0.335 e. The van der Waals surface area contributed by atoms with Crippen LogP contribution in [0.15, 0.2) is 22.6 Å². The number of aliphatic hydroxyl groups is 1. The quantitative estimate of drug-likeness (QED) is 0.369. The number of ether oxygens (including phenoxy) is 1. The molecule has 0 spiro atoms. The molecule has 1 heterocycles. The molecule has 1 rings (SSSR count). The van der Waals surface area contributed by atoms with E-state index in [0.29, 0.717) is 4.88 Å². The first-order valence-corrected chi connectivity index (χ1v) is 5.51. The van der Waals surface area contributed by atoms with Crippen LogP contribution >= 0.6 is 11.3 Å². The van der Waals surface area contributed by atoms with Gasteiger partial charge in [-0.3, -0.25) is 0 Å². The van der Waals surface area contributed by atoms with Crippen LogP contribution in [0, 0.1) is 0 Å². The number of thiophene rings is 1. The van der Waals surface area contributed by atoms with Gasteiger partial charge < -0.3 is 9.84 Å². The minimum Gasteiger partial charge on any atom is -0.464 e. The van der Waals surface area contributed by atoms with Crippen LogP contribution in [-0.4, -0.2) is 23.8 Å². The summed E-state index contributed by atoms with van der Waals surface area (Å²) >= 11 is 1.30. The zero-order chi connectivity index (χ0) is 12.0. The molecule has 86 valence electrons. The molecule has 1 aromatic heterocycles. The van der Waals surface area contributed by atoms with Crippen molar-refractivity contribution in [2.45, 2.75) is 19.1 Å². The minimum absolute atomic E-state index is 0.170. The van der Waals surface area contributed by atoms with Crippen molar-refractivity contribution in [3.05, 3.63) is 32.8 Å². The number of carbonyl (C=O) groups excluding carboxylic acids is 1. The van der Waals surface area contributed by atoms with E-state index in [-0.39, 0.29) is 6.61 Å². The molecule has 0 aliphatic carbocycles. The lowest BCUT2D eigenvalue weighted by Crippen LogP contribution is -2.28. The molecular formula is C9H11N3O3S. The lowest BCUT2D eigenvalue weighted by molar-refractivity contribution is -0.154. The number of carbonyl (C=O) groups is 1. The fourth-order valence-electron chi connectivity index (χ4n) is 1.15. The molecule has 2 atom stereocenters. The van der Waals surface area contributed by atoms with Crippen LogP contribution in [0.1, 0.15) is 17.8 Å². The van der Waals surface area contributed by atoms with Crippen LogP contribution in [0.25, 0.3) is 10.4 Å². The van der Waals surface area contributed by atoms with Crippen LogP contribution in [0.2, 0.25) is 0 Å². The number of esters is 1. The molecule has 0 saturated carbocycles. The Morgan fingerprint density at radius 1 is 1.81 bits per heavy atom. The Balaban J connectivity index is 2.86. The zero-order valence-corrected chi connectivity index (χ0v) is 9.42. The second-order valence-corrected chi connectivity index (χ2v) is 3.84. The van der Waals surface area contributed by atoms with Gasteiger partial charge in [0.15, 0.2) is 6.10 Å². The first kappa shape index (κ1) is 12.5. The average molecular weight is 241 g/mol. The summed E-state index contributed by atoms with van der Waals surface area (Å²) in [6.07, 6.45) is -1.46. The van der Waals surface area contributed by atoms with E-state index in [2.05, 4.69) is 14.8 Å². The van der Waals surface area contributed by atoms with E-state index < -0.39 is 18.1 Å². The molecule has 1 N–H and O–H groups in total. The Morgan fingerprint density at radius 2 is 2.56 bits per heavy atom. The van der Waals surface area contributed by atoms with Crippen LogP contribution in [-0.2, 0) is 9.53 Å². The van der Waals surface area contributed by atoms with Gasteiger partial charge in [-0.05, 0) is 23.9 Å². The second kappa shape index (κ2) is 6.12. The number of hydrogen-bond donors (Lipinski definition) is 1. The van der Waals surface area contributed by atoms with Crippen molar-refractivity contribution in [1.29, 1.82) is 0 Å². The molecule has 0 amide bonds. The smallest absolute Gasteiger partial charge is 0.335 e. The van der Waals surface area contributed by atoms with E-state index in [0.717, 1.165) is 0 Å². The molecular weight excluding hydrogens is 230 g/mol. The molecule has 16 heavy (non-hydrogen) atoms. The zero-order valence-electron chi connectivity index (χ0n) is 8.61.